The maximum Gasteiger partial charge on any atom is 0.308 e. The zero-order valence-corrected chi connectivity index (χ0v) is 6.91. The smallest absolute Gasteiger partial charge is 0.308 e. The first-order valence-corrected chi connectivity index (χ1v) is 3.91. The first-order valence-electron chi connectivity index (χ1n) is 3.91. The Bertz CT molecular complexity index is 145. The Balaban J connectivity index is 2.46. The van der Waals surface area contributed by atoms with Crippen LogP contribution in [-0.2, 0) is 9.53 Å². The number of aliphatic hydroxyl groups excluding tert-OH is 1. The van der Waals surface area contributed by atoms with Crippen molar-refractivity contribution in [3.05, 3.63) is 0 Å². The molecule has 1 fully saturated rings. The maximum absolute atomic E-state index is 11.0. The van der Waals surface area contributed by atoms with Gasteiger partial charge in [-0.15, -0.1) is 0 Å². The summed E-state index contributed by atoms with van der Waals surface area (Å²) in [5, 5.41) is 9.30. The molecule has 3 atom stereocenters. The van der Waals surface area contributed by atoms with Gasteiger partial charge in [-0.3, -0.25) is 4.79 Å². The summed E-state index contributed by atoms with van der Waals surface area (Å²) in [5.74, 6) is -0.0301. The van der Waals surface area contributed by atoms with Crippen LogP contribution >= 0.6 is 0 Å². The fourth-order valence-corrected chi connectivity index (χ4v) is 1.59. The molecule has 0 bridgehead atoms. The molecule has 1 N–H and O–H groups in total. The van der Waals surface area contributed by atoms with Crippen LogP contribution in [0.15, 0.2) is 0 Å². The monoisotopic (exact) mass is 158 g/mol. The standard InChI is InChI=1S/C8H14O3/c1-5-3-6(4-7(5)9)8(10)11-2/h5-7,9H,3-4H2,1-2H3/t5-,6+,7+/m1/s1. The van der Waals surface area contributed by atoms with Crippen LogP contribution in [-0.4, -0.2) is 24.3 Å². The van der Waals surface area contributed by atoms with Crippen LogP contribution in [0.25, 0.3) is 0 Å². The first kappa shape index (κ1) is 8.53. The summed E-state index contributed by atoms with van der Waals surface area (Å²) < 4.78 is 4.58. The number of methoxy groups -OCH3 is 1. The van der Waals surface area contributed by atoms with Gasteiger partial charge in [0.15, 0.2) is 0 Å². The van der Waals surface area contributed by atoms with Crippen LogP contribution < -0.4 is 0 Å². The molecular formula is C8H14O3. The van der Waals surface area contributed by atoms with Gasteiger partial charge in [-0.2, -0.15) is 0 Å². The van der Waals surface area contributed by atoms with Crippen LogP contribution in [0.4, 0.5) is 0 Å². The van der Waals surface area contributed by atoms with Gasteiger partial charge in [-0.1, -0.05) is 6.92 Å². The maximum atomic E-state index is 11.0. The van der Waals surface area contributed by atoms with Gasteiger partial charge in [0, 0.05) is 0 Å². The van der Waals surface area contributed by atoms with Gasteiger partial charge in [-0.05, 0) is 18.8 Å². The highest BCUT2D eigenvalue weighted by atomic mass is 16.5. The quantitative estimate of drug-likeness (QED) is 0.567. The predicted octanol–water partition coefficient (Wildman–Crippen LogP) is 0.566. The van der Waals surface area contributed by atoms with Crippen molar-refractivity contribution in [2.75, 3.05) is 7.11 Å². The molecule has 0 saturated heterocycles. The molecule has 0 heterocycles. The van der Waals surface area contributed by atoms with E-state index in [4.69, 9.17) is 0 Å². The molecule has 0 aromatic rings. The van der Waals surface area contributed by atoms with Crippen LogP contribution in [0.1, 0.15) is 19.8 Å². The molecule has 1 aliphatic rings. The number of aliphatic hydroxyl groups is 1. The molecule has 64 valence electrons. The molecule has 1 saturated carbocycles. The van der Waals surface area contributed by atoms with Crippen molar-refractivity contribution < 1.29 is 14.6 Å². The van der Waals surface area contributed by atoms with E-state index in [9.17, 15) is 9.90 Å². The number of ether oxygens (including phenoxy) is 1. The van der Waals surface area contributed by atoms with Crippen LogP contribution in [0.5, 0.6) is 0 Å². The normalized spacial score (nSPS) is 37.2. The second-order valence-corrected chi connectivity index (χ2v) is 3.24. The van der Waals surface area contributed by atoms with Crippen molar-refractivity contribution in [3.8, 4) is 0 Å². The lowest BCUT2D eigenvalue weighted by molar-refractivity contribution is -0.145. The van der Waals surface area contributed by atoms with Crippen LogP contribution in [0.3, 0.4) is 0 Å². The molecule has 0 radical (unpaired) electrons. The number of esters is 1. The third-order valence-electron chi connectivity index (χ3n) is 2.37. The van der Waals surface area contributed by atoms with Crippen molar-refractivity contribution in [1.29, 1.82) is 0 Å². The highest BCUT2D eigenvalue weighted by Crippen LogP contribution is 2.31. The Kier molecular flexibility index (Phi) is 2.49. The highest BCUT2D eigenvalue weighted by molar-refractivity contribution is 5.72. The molecule has 0 aliphatic heterocycles. The molecule has 3 heteroatoms. The average molecular weight is 158 g/mol. The summed E-state index contributed by atoms with van der Waals surface area (Å²) >= 11 is 0. The van der Waals surface area contributed by atoms with E-state index >= 15 is 0 Å². The molecule has 0 amide bonds. The van der Waals surface area contributed by atoms with Gasteiger partial charge in [0.1, 0.15) is 0 Å². The Morgan fingerprint density at radius 2 is 2.18 bits per heavy atom. The fraction of sp³-hybridized carbons (Fsp3) is 0.875. The predicted molar refractivity (Wildman–Crippen MR) is 39.9 cm³/mol. The van der Waals surface area contributed by atoms with E-state index in [-0.39, 0.29) is 23.9 Å². The molecule has 11 heavy (non-hydrogen) atoms. The Morgan fingerprint density at radius 1 is 1.55 bits per heavy atom. The zero-order valence-electron chi connectivity index (χ0n) is 6.91. The second kappa shape index (κ2) is 3.22. The van der Waals surface area contributed by atoms with E-state index in [0.717, 1.165) is 6.42 Å². The van der Waals surface area contributed by atoms with E-state index in [1.165, 1.54) is 7.11 Å². The Morgan fingerprint density at radius 3 is 2.55 bits per heavy atom. The molecule has 0 aromatic heterocycles. The minimum absolute atomic E-state index is 0.0787. The molecule has 0 aromatic carbocycles. The topological polar surface area (TPSA) is 46.5 Å². The third kappa shape index (κ3) is 1.71. The lowest BCUT2D eigenvalue weighted by atomic mass is 10.1. The summed E-state index contributed by atoms with van der Waals surface area (Å²) in [6.45, 7) is 1.95. The van der Waals surface area contributed by atoms with Gasteiger partial charge >= 0.3 is 5.97 Å². The van der Waals surface area contributed by atoms with E-state index in [1.54, 1.807) is 0 Å². The number of hydrogen-bond donors (Lipinski definition) is 1. The van der Waals surface area contributed by atoms with Crippen molar-refractivity contribution in [2.24, 2.45) is 11.8 Å². The number of hydrogen-bond acceptors (Lipinski definition) is 3. The van der Waals surface area contributed by atoms with E-state index in [1.807, 2.05) is 6.92 Å². The molecule has 1 aliphatic carbocycles. The number of carbonyl (C=O) groups excluding carboxylic acids is 1. The average Bonchev–Trinajstić information content (AvgIpc) is 2.31. The second-order valence-electron chi connectivity index (χ2n) is 3.24. The lowest BCUT2D eigenvalue weighted by Crippen LogP contribution is -2.13. The zero-order chi connectivity index (χ0) is 8.43. The summed E-state index contributed by atoms with van der Waals surface area (Å²) in [4.78, 5) is 11.0. The number of rotatable bonds is 1. The van der Waals surface area contributed by atoms with Gasteiger partial charge in [0.2, 0.25) is 0 Å². The summed E-state index contributed by atoms with van der Waals surface area (Å²) in [7, 11) is 1.39. The van der Waals surface area contributed by atoms with Crippen molar-refractivity contribution in [2.45, 2.75) is 25.9 Å². The molecule has 3 nitrogen and oxygen atoms in total. The summed E-state index contributed by atoms with van der Waals surface area (Å²) in [5.41, 5.74) is 0. The van der Waals surface area contributed by atoms with Gasteiger partial charge in [-0.25, -0.2) is 0 Å². The van der Waals surface area contributed by atoms with E-state index < -0.39 is 0 Å². The summed E-state index contributed by atoms with van der Waals surface area (Å²) in [6.07, 6.45) is 1.00. The van der Waals surface area contributed by atoms with Crippen LogP contribution in [0.2, 0.25) is 0 Å². The molecule has 0 unspecified atom stereocenters. The lowest BCUT2D eigenvalue weighted by Gasteiger charge is -2.04. The highest BCUT2D eigenvalue weighted by Gasteiger charge is 2.34. The molecular weight excluding hydrogens is 144 g/mol. The number of carbonyl (C=O) groups is 1. The molecule has 0 spiro atoms. The van der Waals surface area contributed by atoms with Gasteiger partial charge < -0.3 is 9.84 Å². The van der Waals surface area contributed by atoms with Gasteiger partial charge in [0.05, 0.1) is 19.1 Å². The SMILES string of the molecule is COC(=O)[C@H]1C[C@@H](C)[C@@H](O)C1. The molecule has 1 rings (SSSR count). The van der Waals surface area contributed by atoms with Gasteiger partial charge in [0.25, 0.3) is 0 Å². The Labute approximate surface area is 66.4 Å². The fourth-order valence-electron chi connectivity index (χ4n) is 1.59. The largest absolute Gasteiger partial charge is 0.469 e. The van der Waals surface area contributed by atoms with Crippen molar-refractivity contribution in [3.63, 3.8) is 0 Å². The van der Waals surface area contributed by atoms with Crippen LogP contribution in [0, 0.1) is 11.8 Å². The minimum atomic E-state index is -0.320. The Hall–Kier alpha value is -0.570. The first-order chi connectivity index (χ1) is 5.15. The van der Waals surface area contributed by atoms with E-state index in [2.05, 4.69) is 4.74 Å². The van der Waals surface area contributed by atoms with E-state index in [0.29, 0.717) is 6.42 Å². The van der Waals surface area contributed by atoms with Crippen molar-refractivity contribution in [1.82, 2.24) is 0 Å². The summed E-state index contributed by atoms with van der Waals surface area (Å²) in [6, 6.07) is 0. The van der Waals surface area contributed by atoms with Crippen molar-refractivity contribution >= 4 is 5.97 Å². The minimum Gasteiger partial charge on any atom is -0.469 e. The third-order valence-corrected chi connectivity index (χ3v) is 2.37.